The zero-order valence-corrected chi connectivity index (χ0v) is 10.8. The number of hydrogen-bond acceptors (Lipinski definition) is 7. The van der Waals surface area contributed by atoms with Crippen LogP contribution in [0.1, 0.15) is 23.5 Å². The van der Waals surface area contributed by atoms with Crippen LogP contribution in [0.3, 0.4) is 0 Å². The second-order valence-electron chi connectivity index (χ2n) is 4.69. The van der Waals surface area contributed by atoms with E-state index in [1.807, 2.05) is 0 Å². The van der Waals surface area contributed by atoms with Gasteiger partial charge in [0.1, 0.15) is 18.1 Å². The first-order valence-corrected chi connectivity index (χ1v) is 5.99. The van der Waals surface area contributed by atoms with Crippen LogP contribution in [0.4, 0.5) is 5.82 Å². The summed E-state index contributed by atoms with van der Waals surface area (Å²) < 4.78 is 6.45. The second kappa shape index (κ2) is 5.19. The average Bonchev–Trinajstić information content (AvgIpc) is 2.66. The molecule has 9 nitrogen and oxygen atoms in total. The maximum atomic E-state index is 11.8. The van der Waals surface area contributed by atoms with E-state index in [1.54, 1.807) is 6.92 Å². The molecule has 0 radical (unpaired) electrons. The van der Waals surface area contributed by atoms with Gasteiger partial charge in [-0.15, -0.1) is 0 Å². The third-order valence-electron chi connectivity index (χ3n) is 3.38. The highest BCUT2D eigenvalue weighted by Gasteiger charge is 2.42. The Hall–Kier alpha value is -1.97. The number of carbonyl (C=O) groups is 1. The fraction of sp³-hybridized carbons (Fsp3) is 0.545. The van der Waals surface area contributed by atoms with E-state index >= 15 is 0 Å². The van der Waals surface area contributed by atoms with Crippen molar-refractivity contribution in [1.82, 2.24) is 9.55 Å². The van der Waals surface area contributed by atoms with E-state index in [1.165, 1.54) is 0 Å². The maximum Gasteiger partial charge on any atom is 0.351 e. The summed E-state index contributed by atoms with van der Waals surface area (Å²) >= 11 is 0. The Labute approximate surface area is 113 Å². The van der Waals surface area contributed by atoms with E-state index in [-0.39, 0.29) is 18.0 Å². The van der Waals surface area contributed by atoms with Gasteiger partial charge in [0.25, 0.3) is 5.91 Å². The predicted octanol–water partition coefficient (Wildman–Crippen LogP) is -2.19. The van der Waals surface area contributed by atoms with Crippen LogP contribution in [0.5, 0.6) is 0 Å². The molecule has 0 saturated carbocycles. The van der Waals surface area contributed by atoms with Crippen molar-refractivity contribution < 1.29 is 19.7 Å². The number of primary amides is 1. The van der Waals surface area contributed by atoms with Crippen LogP contribution in [0.15, 0.2) is 11.0 Å². The van der Waals surface area contributed by atoms with Gasteiger partial charge in [-0.05, 0) is 0 Å². The molecule has 6 N–H and O–H groups in total. The number of nitrogens with zero attached hydrogens (tertiary/aromatic N) is 2. The molecular formula is C11H16N4O5. The lowest BCUT2D eigenvalue weighted by Crippen LogP contribution is -2.33. The standard InChI is InChI=1S/C11H16N4O5/c1-4-7(17)6(3-16)20-10(4)15-2-5(9(13)18)8(12)14-11(15)19/h2,4,6-7,10,16-17H,3H2,1H3,(H2,13,18)(H2,12,14,19)/t4-,6-,7+,10-/m1/s1. The molecule has 0 bridgehead atoms. The molecule has 1 amide bonds. The molecule has 1 aliphatic heterocycles. The van der Waals surface area contributed by atoms with E-state index in [2.05, 4.69) is 4.98 Å². The Morgan fingerprint density at radius 2 is 2.25 bits per heavy atom. The zero-order valence-electron chi connectivity index (χ0n) is 10.8. The minimum Gasteiger partial charge on any atom is -0.394 e. The van der Waals surface area contributed by atoms with Crippen molar-refractivity contribution in [1.29, 1.82) is 0 Å². The molecule has 110 valence electrons. The summed E-state index contributed by atoms with van der Waals surface area (Å²) in [6, 6.07) is 0. The third-order valence-corrected chi connectivity index (χ3v) is 3.38. The number of ether oxygens (including phenoxy) is 1. The lowest BCUT2D eigenvalue weighted by atomic mass is 10.0. The SMILES string of the molecule is C[C@@H]1[C@H](O)[C@@H](CO)O[C@H]1n1cc(C(N)=O)c(N)nc1=O. The molecular weight excluding hydrogens is 268 g/mol. The first-order valence-electron chi connectivity index (χ1n) is 5.99. The molecule has 1 fully saturated rings. The summed E-state index contributed by atoms with van der Waals surface area (Å²) in [5.74, 6) is -1.56. The summed E-state index contributed by atoms with van der Waals surface area (Å²) in [6.07, 6.45) is -1.45. The molecule has 0 spiro atoms. The van der Waals surface area contributed by atoms with Crippen molar-refractivity contribution in [2.75, 3.05) is 12.3 Å². The van der Waals surface area contributed by atoms with Gasteiger partial charge < -0.3 is 26.4 Å². The van der Waals surface area contributed by atoms with Gasteiger partial charge in [0.2, 0.25) is 0 Å². The fourth-order valence-electron chi connectivity index (χ4n) is 2.21. The molecule has 0 aliphatic carbocycles. The van der Waals surface area contributed by atoms with Gasteiger partial charge >= 0.3 is 5.69 Å². The molecule has 9 heteroatoms. The highest BCUT2D eigenvalue weighted by molar-refractivity contribution is 5.96. The molecule has 0 aromatic carbocycles. The number of anilines is 1. The predicted molar refractivity (Wildman–Crippen MR) is 67.6 cm³/mol. The van der Waals surface area contributed by atoms with Crippen molar-refractivity contribution in [3.63, 3.8) is 0 Å². The lowest BCUT2D eigenvalue weighted by Gasteiger charge is -2.18. The number of amides is 1. The molecule has 1 aromatic rings. The van der Waals surface area contributed by atoms with Crippen molar-refractivity contribution in [2.45, 2.75) is 25.4 Å². The lowest BCUT2D eigenvalue weighted by molar-refractivity contribution is -0.0476. The highest BCUT2D eigenvalue weighted by Crippen LogP contribution is 2.33. The van der Waals surface area contributed by atoms with Crippen molar-refractivity contribution in [2.24, 2.45) is 11.7 Å². The fourth-order valence-corrected chi connectivity index (χ4v) is 2.21. The normalized spacial score (nSPS) is 29.6. The van der Waals surface area contributed by atoms with Crippen LogP contribution >= 0.6 is 0 Å². The summed E-state index contributed by atoms with van der Waals surface area (Å²) in [4.78, 5) is 26.6. The number of aliphatic hydroxyl groups excluding tert-OH is 2. The van der Waals surface area contributed by atoms with E-state index in [9.17, 15) is 14.7 Å². The van der Waals surface area contributed by atoms with Crippen LogP contribution in [-0.4, -0.2) is 44.5 Å². The molecule has 4 atom stereocenters. The largest absolute Gasteiger partial charge is 0.394 e. The maximum absolute atomic E-state index is 11.8. The topological polar surface area (TPSA) is 154 Å². The molecule has 0 unspecified atom stereocenters. The van der Waals surface area contributed by atoms with E-state index < -0.39 is 36.0 Å². The molecule has 20 heavy (non-hydrogen) atoms. The minimum absolute atomic E-state index is 0.109. The quantitative estimate of drug-likeness (QED) is 0.491. The minimum atomic E-state index is -0.938. The molecule has 2 heterocycles. The monoisotopic (exact) mass is 284 g/mol. The Balaban J connectivity index is 2.46. The second-order valence-corrected chi connectivity index (χ2v) is 4.69. The summed E-state index contributed by atoms with van der Waals surface area (Å²) in [6.45, 7) is 1.26. The number of aromatic nitrogens is 2. The highest BCUT2D eigenvalue weighted by atomic mass is 16.5. The molecule has 2 rings (SSSR count). The summed E-state index contributed by atoms with van der Waals surface area (Å²) in [5.41, 5.74) is 9.76. The number of nitrogen functional groups attached to an aromatic ring is 1. The van der Waals surface area contributed by atoms with Crippen molar-refractivity contribution >= 4 is 11.7 Å². The Kier molecular flexibility index (Phi) is 3.75. The van der Waals surface area contributed by atoms with Crippen molar-refractivity contribution in [3.05, 3.63) is 22.2 Å². The van der Waals surface area contributed by atoms with Gasteiger partial charge in [0.15, 0.2) is 0 Å². The van der Waals surface area contributed by atoms with Crippen LogP contribution in [-0.2, 0) is 4.74 Å². The summed E-state index contributed by atoms with van der Waals surface area (Å²) in [7, 11) is 0. The van der Waals surface area contributed by atoms with Crippen molar-refractivity contribution in [3.8, 4) is 0 Å². The Bertz CT molecular complexity index is 587. The number of aliphatic hydroxyl groups is 2. The number of carbonyl (C=O) groups excluding carboxylic acids is 1. The number of nitrogens with two attached hydrogens (primary N) is 2. The Morgan fingerprint density at radius 3 is 2.75 bits per heavy atom. The zero-order chi connectivity index (χ0) is 15.0. The number of rotatable bonds is 3. The smallest absolute Gasteiger partial charge is 0.351 e. The van der Waals surface area contributed by atoms with Gasteiger partial charge in [-0.3, -0.25) is 9.36 Å². The van der Waals surface area contributed by atoms with Crippen LogP contribution in [0, 0.1) is 5.92 Å². The van der Waals surface area contributed by atoms with E-state index in [4.69, 9.17) is 21.3 Å². The van der Waals surface area contributed by atoms with Crippen LogP contribution in [0.25, 0.3) is 0 Å². The van der Waals surface area contributed by atoms with E-state index in [0.29, 0.717) is 0 Å². The molecule has 1 aromatic heterocycles. The Morgan fingerprint density at radius 1 is 1.60 bits per heavy atom. The third kappa shape index (κ3) is 2.26. The van der Waals surface area contributed by atoms with E-state index in [0.717, 1.165) is 10.8 Å². The molecule has 1 saturated heterocycles. The molecule has 1 aliphatic rings. The van der Waals surface area contributed by atoms with Gasteiger partial charge in [-0.1, -0.05) is 6.92 Å². The van der Waals surface area contributed by atoms with Gasteiger partial charge in [0.05, 0.1) is 18.3 Å². The summed E-state index contributed by atoms with van der Waals surface area (Å²) in [5, 5.41) is 19.0. The first-order chi connectivity index (χ1) is 9.36. The van der Waals surface area contributed by atoms with Crippen LogP contribution < -0.4 is 17.2 Å². The van der Waals surface area contributed by atoms with Crippen LogP contribution in [0.2, 0.25) is 0 Å². The first kappa shape index (κ1) is 14.4. The average molecular weight is 284 g/mol. The van der Waals surface area contributed by atoms with Gasteiger partial charge in [-0.2, -0.15) is 4.98 Å². The number of hydrogen-bond donors (Lipinski definition) is 4. The van der Waals surface area contributed by atoms with Gasteiger partial charge in [0, 0.05) is 12.1 Å². The van der Waals surface area contributed by atoms with Gasteiger partial charge in [-0.25, -0.2) is 4.79 Å².